The normalized spacial score (nSPS) is 6.20. The van der Waals surface area contributed by atoms with E-state index in [2.05, 4.69) is 39.4 Å². The van der Waals surface area contributed by atoms with E-state index in [9.17, 15) is 0 Å². The molecule has 0 saturated heterocycles. The molecule has 0 aliphatic carbocycles. The van der Waals surface area contributed by atoms with Gasteiger partial charge >= 0.3 is 59.9 Å². The molecule has 46 valence electrons. The van der Waals surface area contributed by atoms with Gasteiger partial charge < -0.3 is 18.2 Å². The van der Waals surface area contributed by atoms with Gasteiger partial charge in [0.25, 0.3) is 0 Å². The van der Waals surface area contributed by atoms with Crippen LogP contribution in [-0.4, -0.2) is 0 Å². The fourth-order valence-corrected chi connectivity index (χ4v) is 0.304. The Balaban J connectivity index is 0. The van der Waals surface area contributed by atoms with Gasteiger partial charge in [0.1, 0.15) is 0 Å². The van der Waals surface area contributed by atoms with Gasteiger partial charge in [-0.2, -0.15) is 0 Å². The molecular weight excluding hydrogens is 363 g/mol. The van der Waals surface area contributed by atoms with Crippen LogP contribution in [-0.2, 0) is 32.7 Å². The molecule has 0 unspecified atom stereocenters. The Kier molecular flexibility index (Phi) is 23.5. The average Bonchev–Trinajstić information content (AvgIpc) is 2.14. The van der Waals surface area contributed by atoms with Crippen LogP contribution >= 0.6 is 27.2 Å². The average molecular weight is 367 g/mol. The minimum absolute atomic E-state index is 1.19. The van der Waals surface area contributed by atoms with Crippen LogP contribution in [0.15, 0.2) is 24.3 Å². The SMILES string of the molecule is [Zn+][Br].[Zn+][Br].[c-]1c[c-]ccc1. The summed E-state index contributed by atoms with van der Waals surface area (Å²) in [4.78, 5) is 0. The third-order valence-electron chi connectivity index (χ3n) is 0.552. The smallest absolute Gasteiger partial charge is 0.288 e. The number of hydrogen-bond acceptors (Lipinski definition) is 0. The van der Waals surface area contributed by atoms with E-state index >= 15 is 0 Å². The van der Waals surface area contributed by atoms with Gasteiger partial charge in [-0.1, -0.05) is 0 Å². The summed E-state index contributed by atoms with van der Waals surface area (Å²) in [5.41, 5.74) is 0. The van der Waals surface area contributed by atoms with Crippen molar-refractivity contribution in [2.75, 3.05) is 0 Å². The predicted molar refractivity (Wildman–Crippen MR) is 42.0 cm³/mol. The Morgan fingerprint density at radius 2 is 1.30 bits per heavy atom. The Bertz CT molecular complexity index is 85.7. The molecule has 0 fully saturated rings. The Labute approximate surface area is 95.2 Å². The number of halogens is 2. The number of benzene rings is 1. The van der Waals surface area contributed by atoms with Crippen LogP contribution in [0.25, 0.3) is 0 Å². The summed E-state index contributed by atoms with van der Waals surface area (Å²) in [6, 6.07) is 13.0. The van der Waals surface area contributed by atoms with Crippen LogP contribution in [0.2, 0.25) is 0 Å². The molecule has 0 heterocycles. The van der Waals surface area contributed by atoms with Crippen molar-refractivity contribution in [3.05, 3.63) is 36.4 Å². The van der Waals surface area contributed by atoms with Crippen LogP contribution in [0.4, 0.5) is 0 Å². The summed E-state index contributed by atoms with van der Waals surface area (Å²) in [6.45, 7) is 0. The van der Waals surface area contributed by atoms with E-state index in [4.69, 9.17) is 0 Å². The van der Waals surface area contributed by atoms with E-state index in [0.29, 0.717) is 0 Å². The zero-order valence-electron chi connectivity index (χ0n) is 5.48. The van der Waals surface area contributed by atoms with Crippen LogP contribution in [0.1, 0.15) is 0 Å². The second-order valence-electron chi connectivity index (χ2n) is 1.00. The van der Waals surface area contributed by atoms with Gasteiger partial charge in [0.15, 0.2) is 0 Å². The van der Waals surface area contributed by atoms with Gasteiger partial charge in [0.05, 0.1) is 0 Å². The van der Waals surface area contributed by atoms with Gasteiger partial charge in [-0.3, -0.25) is 18.2 Å². The summed E-state index contributed by atoms with van der Waals surface area (Å²) in [5.74, 6) is 0. The largest absolute Gasteiger partial charge is 0.359 e. The molecule has 10 heavy (non-hydrogen) atoms. The summed E-state index contributed by atoms with van der Waals surface area (Å²) in [5, 5.41) is 0. The van der Waals surface area contributed by atoms with Crippen molar-refractivity contribution in [3.63, 3.8) is 0 Å². The molecular formula is C6H4Br2Zn2. The Morgan fingerprint density at radius 1 is 0.900 bits per heavy atom. The van der Waals surface area contributed by atoms with Crippen molar-refractivity contribution in [1.82, 2.24) is 0 Å². The van der Waals surface area contributed by atoms with E-state index in [1.54, 1.807) is 6.07 Å². The monoisotopic (exact) mass is 362 g/mol. The third kappa shape index (κ3) is 12.1. The summed E-state index contributed by atoms with van der Waals surface area (Å²) in [7, 11) is 0. The molecule has 0 spiro atoms. The molecule has 0 aliphatic heterocycles. The van der Waals surface area contributed by atoms with Gasteiger partial charge in [-0.25, -0.2) is 0 Å². The second kappa shape index (κ2) is 16.8. The van der Waals surface area contributed by atoms with Crippen molar-refractivity contribution in [2.24, 2.45) is 0 Å². The quantitative estimate of drug-likeness (QED) is 0.489. The minimum atomic E-state index is 1.19. The van der Waals surface area contributed by atoms with Crippen LogP contribution < -0.4 is 0 Å². The molecule has 0 bridgehead atoms. The van der Waals surface area contributed by atoms with Crippen molar-refractivity contribution in [1.29, 1.82) is 0 Å². The zero-order valence-corrected chi connectivity index (χ0v) is 14.6. The summed E-state index contributed by atoms with van der Waals surface area (Å²) >= 11 is 8.50. The van der Waals surface area contributed by atoms with Gasteiger partial charge in [0.2, 0.25) is 0 Å². The van der Waals surface area contributed by atoms with Crippen molar-refractivity contribution in [3.8, 4) is 0 Å². The van der Waals surface area contributed by atoms with Crippen molar-refractivity contribution in [2.45, 2.75) is 0 Å². The summed E-state index contributed by atoms with van der Waals surface area (Å²) < 4.78 is 0. The van der Waals surface area contributed by atoms with Crippen LogP contribution in [0.5, 0.6) is 0 Å². The van der Waals surface area contributed by atoms with Crippen molar-refractivity contribution < 1.29 is 32.7 Å². The molecule has 0 nitrogen and oxygen atoms in total. The minimum Gasteiger partial charge on any atom is -0.359 e. The first-order chi connectivity index (χ1) is 5.00. The molecule has 0 aliphatic rings. The maximum Gasteiger partial charge on any atom is -0.288 e. The molecule has 1 aromatic rings. The van der Waals surface area contributed by atoms with Crippen LogP contribution in [0.3, 0.4) is 0 Å². The van der Waals surface area contributed by atoms with Crippen molar-refractivity contribution >= 4 is 27.2 Å². The van der Waals surface area contributed by atoms with E-state index in [1.807, 2.05) is 18.2 Å². The van der Waals surface area contributed by atoms with Gasteiger partial charge in [0, 0.05) is 0 Å². The standard InChI is InChI=1S/C6H4.2BrH.2Zn/c1-2-4-6-5-3-1;;;;/h1-3,6H;2*1H;;/q-2;;;2*+2/p-2. The first kappa shape index (κ1) is 14.0. The van der Waals surface area contributed by atoms with E-state index < -0.39 is 0 Å². The topological polar surface area (TPSA) is 0 Å². The Hall–Kier alpha value is 1.43. The maximum absolute atomic E-state index is 3.06. The van der Waals surface area contributed by atoms with Crippen LogP contribution in [0, 0.1) is 12.1 Å². The predicted octanol–water partition coefficient (Wildman–Crippen LogP) is 2.97. The fraction of sp³-hybridized carbons (Fsp3) is 0. The first-order valence-electron chi connectivity index (χ1n) is 2.36. The van der Waals surface area contributed by atoms with E-state index in [-0.39, 0.29) is 0 Å². The van der Waals surface area contributed by atoms with Gasteiger partial charge in [-0.15, -0.1) is 0 Å². The summed E-state index contributed by atoms with van der Waals surface area (Å²) in [6.07, 6.45) is 0. The molecule has 0 amide bonds. The second-order valence-corrected chi connectivity index (χ2v) is 1.00. The maximum atomic E-state index is 3.06. The number of hydrogen-bond donors (Lipinski definition) is 0. The third-order valence-corrected chi connectivity index (χ3v) is 0.552. The molecule has 0 saturated carbocycles. The molecule has 0 radical (unpaired) electrons. The van der Waals surface area contributed by atoms with E-state index in [1.165, 1.54) is 32.7 Å². The molecule has 0 aromatic heterocycles. The fourth-order valence-electron chi connectivity index (χ4n) is 0.304. The molecule has 4 heteroatoms. The molecule has 0 atom stereocenters. The molecule has 0 N–H and O–H groups in total. The van der Waals surface area contributed by atoms with E-state index in [0.717, 1.165) is 0 Å². The molecule has 1 aromatic carbocycles. The Morgan fingerprint density at radius 3 is 1.40 bits per heavy atom. The number of rotatable bonds is 0. The van der Waals surface area contributed by atoms with Gasteiger partial charge in [-0.05, 0) is 0 Å². The molecule has 1 rings (SSSR count). The zero-order chi connectivity index (χ0) is 8.24. The first-order valence-corrected chi connectivity index (χ1v) is 16.3.